The molecule has 0 aliphatic heterocycles. The van der Waals surface area contributed by atoms with Crippen molar-refractivity contribution in [3.05, 3.63) is 29.1 Å². The van der Waals surface area contributed by atoms with Gasteiger partial charge in [-0.1, -0.05) is 13.0 Å². The van der Waals surface area contributed by atoms with Gasteiger partial charge in [0.15, 0.2) is 11.6 Å². The second-order valence-corrected chi connectivity index (χ2v) is 4.99. The van der Waals surface area contributed by atoms with E-state index in [9.17, 15) is 9.18 Å². The minimum absolute atomic E-state index is 0.140. The average Bonchev–Trinajstić information content (AvgIpc) is 2.27. The Kier molecular flexibility index (Phi) is 4.33. The Bertz CT molecular complexity index is 453. The van der Waals surface area contributed by atoms with Crippen LogP contribution >= 0.6 is 0 Å². The number of carboxylic acids is 1. The van der Waals surface area contributed by atoms with E-state index in [1.807, 2.05) is 13.0 Å². The van der Waals surface area contributed by atoms with E-state index in [4.69, 9.17) is 9.84 Å². The minimum atomic E-state index is -0.952. The molecule has 18 heavy (non-hydrogen) atoms. The van der Waals surface area contributed by atoms with Crippen LogP contribution in [0.3, 0.4) is 0 Å². The molecule has 1 N–H and O–H groups in total. The summed E-state index contributed by atoms with van der Waals surface area (Å²) >= 11 is 0. The van der Waals surface area contributed by atoms with Gasteiger partial charge in [0.25, 0.3) is 0 Å². The maximum absolute atomic E-state index is 13.8. The predicted molar refractivity (Wildman–Crippen MR) is 67.5 cm³/mol. The van der Waals surface area contributed by atoms with E-state index >= 15 is 0 Å². The second-order valence-electron chi connectivity index (χ2n) is 4.99. The maximum atomic E-state index is 13.8. The molecule has 0 amide bonds. The molecule has 0 saturated carbocycles. The first-order valence-corrected chi connectivity index (χ1v) is 5.90. The van der Waals surface area contributed by atoms with Gasteiger partial charge in [-0.2, -0.15) is 0 Å². The van der Waals surface area contributed by atoms with Crippen molar-refractivity contribution in [3.63, 3.8) is 0 Å². The summed E-state index contributed by atoms with van der Waals surface area (Å²) in [4.78, 5) is 11.1. The van der Waals surface area contributed by atoms with Crippen molar-refractivity contribution in [2.75, 3.05) is 7.11 Å². The number of aryl methyl sites for hydroxylation is 1. The zero-order valence-corrected chi connectivity index (χ0v) is 11.2. The molecular weight excluding hydrogens is 235 g/mol. The molecule has 0 spiro atoms. The van der Waals surface area contributed by atoms with Crippen LogP contribution in [0.2, 0.25) is 0 Å². The normalized spacial score (nSPS) is 11.4. The first kappa shape index (κ1) is 14.5. The SMILES string of the molecule is CCc1cc(F)c(OC)c(CC(C)(C)C(=O)O)c1. The van der Waals surface area contributed by atoms with Gasteiger partial charge in [0.05, 0.1) is 12.5 Å². The lowest BCUT2D eigenvalue weighted by atomic mass is 9.85. The van der Waals surface area contributed by atoms with Crippen molar-refractivity contribution >= 4 is 5.97 Å². The summed E-state index contributed by atoms with van der Waals surface area (Å²) in [6.45, 7) is 5.16. The van der Waals surface area contributed by atoms with Crippen LogP contribution in [-0.4, -0.2) is 18.2 Å². The highest BCUT2D eigenvalue weighted by Gasteiger charge is 2.29. The Morgan fingerprint density at radius 3 is 2.50 bits per heavy atom. The summed E-state index contributed by atoms with van der Waals surface area (Å²) in [7, 11) is 1.39. The number of ether oxygens (including phenoxy) is 1. The Hall–Kier alpha value is -1.58. The highest BCUT2D eigenvalue weighted by atomic mass is 19.1. The van der Waals surface area contributed by atoms with Gasteiger partial charge >= 0.3 is 5.97 Å². The third-order valence-corrected chi connectivity index (χ3v) is 3.00. The number of rotatable bonds is 5. The lowest BCUT2D eigenvalue weighted by Crippen LogP contribution is -2.26. The van der Waals surface area contributed by atoms with Crippen LogP contribution in [0.5, 0.6) is 5.75 Å². The van der Waals surface area contributed by atoms with Crippen molar-refractivity contribution in [2.45, 2.75) is 33.6 Å². The third kappa shape index (κ3) is 3.00. The molecule has 0 aliphatic carbocycles. The quantitative estimate of drug-likeness (QED) is 0.878. The van der Waals surface area contributed by atoms with Gasteiger partial charge in [-0.15, -0.1) is 0 Å². The van der Waals surface area contributed by atoms with Crippen molar-refractivity contribution < 1.29 is 19.0 Å². The molecule has 1 aromatic carbocycles. The van der Waals surface area contributed by atoms with E-state index in [0.29, 0.717) is 12.0 Å². The van der Waals surface area contributed by atoms with Crippen LogP contribution in [0.15, 0.2) is 12.1 Å². The highest BCUT2D eigenvalue weighted by molar-refractivity contribution is 5.74. The Balaban J connectivity index is 3.22. The molecule has 3 nitrogen and oxygen atoms in total. The van der Waals surface area contributed by atoms with Crippen molar-refractivity contribution in [3.8, 4) is 5.75 Å². The topological polar surface area (TPSA) is 46.5 Å². The minimum Gasteiger partial charge on any atom is -0.493 e. The number of hydrogen-bond acceptors (Lipinski definition) is 2. The van der Waals surface area contributed by atoms with Crippen LogP contribution in [0.4, 0.5) is 4.39 Å². The van der Waals surface area contributed by atoms with Gasteiger partial charge in [0, 0.05) is 0 Å². The summed E-state index contributed by atoms with van der Waals surface area (Å²) in [6, 6.07) is 3.24. The molecule has 0 heterocycles. The number of benzene rings is 1. The van der Waals surface area contributed by atoms with Crippen molar-refractivity contribution in [1.82, 2.24) is 0 Å². The number of carbonyl (C=O) groups is 1. The molecule has 0 saturated heterocycles. The van der Waals surface area contributed by atoms with Crippen LogP contribution in [0.25, 0.3) is 0 Å². The first-order chi connectivity index (χ1) is 8.31. The second kappa shape index (κ2) is 5.38. The smallest absolute Gasteiger partial charge is 0.309 e. The number of aliphatic carboxylic acids is 1. The average molecular weight is 254 g/mol. The Morgan fingerprint density at radius 1 is 1.44 bits per heavy atom. The van der Waals surface area contributed by atoms with Crippen molar-refractivity contribution in [2.24, 2.45) is 5.41 Å². The van der Waals surface area contributed by atoms with Crippen LogP contribution in [-0.2, 0) is 17.6 Å². The Labute approximate surface area is 107 Å². The molecule has 100 valence electrons. The van der Waals surface area contributed by atoms with E-state index < -0.39 is 17.2 Å². The first-order valence-electron chi connectivity index (χ1n) is 5.90. The molecule has 0 radical (unpaired) electrons. The highest BCUT2D eigenvalue weighted by Crippen LogP contribution is 2.31. The van der Waals surface area contributed by atoms with Gasteiger partial charge in [-0.3, -0.25) is 4.79 Å². The van der Waals surface area contributed by atoms with Gasteiger partial charge in [-0.05, 0) is 43.9 Å². The van der Waals surface area contributed by atoms with Crippen LogP contribution in [0.1, 0.15) is 31.9 Å². The zero-order chi connectivity index (χ0) is 13.9. The molecule has 0 aromatic heterocycles. The fourth-order valence-electron chi connectivity index (χ4n) is 1.83. The zero-order valence-electron chi connectivity index (χ0n) is 11.2. The molecule has 1 aromatic rings. The maximum Gasteiger partial charge on any atom is 0.309 e. The van der Waals surface area contributed by atoms with Gasteiger partial charge in [0.1, 0.15) is 0 Å². The molecular formula is C14H19FO3. The number of halogens is 1. The van der Waals surface area contributed by atoms with Gasteiger partial charge < -0.3 is 9.84 Å². The van der Waals surface area contributed by atoms with Crippen molar-refractivity contribution in [1.29, 1.82) is 0 Å². The molecule has 0 unspecified atom stereocenters. The summed E-state index contributed by atoms with van der Waals surface area (Å²) in [5.41, 5.74) is 0.484. The van der Waals surface area contributed by atoms with Gasteiger partial charge in [-0.25, -0.2) is 4.39 Å². The Morgan fingerprint density at radius 2 is 2.06 bits per heavy atom. The summed E-state index contributed by atoms with van der Waals surface area (Å²) in [6.07, 6.45) is 0.928. The van der Waals surface area contributed by atoms with E-state index in [1.165, 1.54) is 13.2 Å². The van der Waals surface area contributed by atoms with Gasteiger partial charge in [0.2, 0.25) is 0 Å². The number of methoxy groups -OCH3 is 1. The summed E-state index contributed by atoms with van der Waals surface area (Å²) < 4.78 is 18.8. The molecule has 0 aliphatic rings. The molecule has 0 bridgehead atoms. The lowest BCUT2D eigenvalue weighted by Gasteiger charge is -2.21. The van der Waals surface area contributed by atoms with E-state index in [-0.39, 0.29) is 12.2 Å². The molecule has 1 rings (SSSR count). The lowest BCUT2D eigenvalue weighted by molar-refractivity contribution is -0.146. The predicted octanol–water partition coefficient (Wildman–Crippen LogP) is 3.05. The fourth-order valence-corrected chi connectivity index (χ4v) is 1.83. The standard InChI is InChI=1S/C14H19FO3/c1-5-9-6-10(8-14(2,3)13(16)17)12(18-4)11(15)7-9/h6-7H,5,8H2,1-4H3,(H,16,17). The third-order valence-electron chi connectivity index (χ3n) is 3.00. The molecule has 0 fully saturated rings. The summed E-state index contributed by atoms with van der Waals surface area (Å²) in [5.74, 6) is -1.21. The number of carboxylic acid groups (broad SMARTS) is 1. The van der Waals surface area contributed by atoms with E-state index in [2.05, 4.69) is 0 Å². The van der Waals surface area contributed by atoms with Crippen LogP contribution < -0.4 is 4.74 Å². The van der Waals surface area contributed by atoms with Crippen LogP contribution in [0, 0.1) is 11.2 Å². The van der Waals surface area contributed by atoms with E-state index in [0.717, 1.165) is 5.56 Å². The van der Waals surface area contributed by atoms with E-state index in [1.54, 1.807) is 13.8 Å². The summed E-state index contributed by atoms with van der Waals surface area (Å²) in [5, 5.41) is 9.13. The monoisotopic (exact) mass is 254 g/mol. The number of hydrogen-bond donors (Lipinski definition) is 1. The molecule has 4 heteroatoms. The fraction of sp³-hybridized carbons (Fsp3) is 0.500. The molecule has 0 atom stereocenters. The largest absolute Gasteiger partial charge is 0.493 e.